The Labute approximate surface area is 106 Å². The molecule has 0 radical (unpaired) electrons. The molecule has 0 unspecified atom stereocenters. The highest BCUT2D eigenvalue weighted by Crippen LogP contribution is 2.09. The standard InChI is InChI=1S/C14H15N3O/c1-10-2-4-11(5-3-10)8-17-14(18)12-6-7-16-9-13(12)15/h2-7,9H,8,15H2,1H3,(H,17,18). The van der Waals surface area contributed by atoms with Gasteiger partial charge in [-0.05, 0) is 18.6 Å². The first kappa shape index (κ1) is 12.1. The Kier molecular flexibility index (Phi) is 3.57. The number of rotatable bonds is 3. The van der Waals surface area contributed by atoms with Crippen molar-refractivity contribution in [3.63, 3.8) is 0 Å². The van der Waals surface area contributed by atoms with E-state index in [0.717, 1.165) is 5.56 Å². The van der Waals surface area contributed by atoms with E-state index < -0.39 is 0 Å². The van der Waals surface area contributed by atoms with Gasteiger partial charge in [-0.2, -0.15) is 0 Å². The average Bonchev–Trinajstić information content (AvgIpc) is 2.38. The highest BCUT2D eigenvalue weighted by atomic mass is 16.1. The average molecular weight is 241 g/mol. The lowest BCUT2D eigenvalue weighted by Gasteiger charge is -2.07. The SMILES string of the molecule is Cc1ccc(CNC(=O)c2ccncc2N)cc1. The largest absolute Gasteiger partial charge is 0.397 e. The molecule has 4 heteroatoms. The van der Waals surface area contributed by atoms with E-state index >= 15 is 0 Å². The Hall–Kier alpha value is -2.36. The van der Waals surface area contributed by atoms with Crippen LogP contribution in [0, 0.1) is 6.92 Å². The zero-order valence-corrected chi connectivity index (χ0v) is 10.2. The molecule has 0 aliphatic carbocycles. The number of aromatic nitrogens is 1. The van der Waals surface area contributed by atoms with Gasteiger partial charge in [0, 0.05) is 12.7 Å². The molecule has 1 aromatic heterocycles. The molecular weight excluding hydrogens is 226 g/mol. The molecule has 0 fully saturated rings. The van der Waals surface area contributed by atoms with E-state index in [-0.39, 0.29) is 5.91 Å². The summed E-state index contributed by atoms with van der Waals surface area (Å²) in [7, 11) is 0. The maximum atomic E-state index is 11.9. The Bertz CT molecular complexity index is 549. The van der Waals surface area contributed by atoms with Crippen molar-refractivity contribution in [2.24, 2.45) is 0 Å². The van der Waals surface area contributed by atoms with Crippen molar-refractivity contribution in [1.29, 1.82) is 0 Å². The van der Waals surface area contributed by atoms with E-state index in [1.807, 2.05) is 31.2 Å². The molecule has 0 saturated heterocycles. The van der Waals surface area contributed by atoms with Crippen molar-refractivity contribution in [1.82, 2.24) is 10.3 Å². The van der Waals surface area contributed by atoms with Gasteiger partial charge < -0.3 is 11.1 Å². The minimum Gasteiger partial charge on any atom is -0.397 e. The molecular formula is C14H15N3O. The van der Waals surface area contributed by atoms with E-state index in [4.69, 9.17) is 5.73 Å². The predicted molar refractivity (Wildman–Crippen MR) is 71.0 cm³/mol. The van der Waals surface area contributed by atoms with Crippen LogP contribution in [0.25, 0.3) is 0 Å². The highest BCUT2D eigenvalue weighted by Gasteiger charge is 2.08. The normalized spacial score (nSPS) is 10.1. The molecule has 1 aromatic carbocycles. The van der Waals surface area contributed by atoms with Gasteiger partial charge in [-0.25, -0.2) is 0 Å². The van der Waals surface area contributed by atoms with E-state index in [2.05, 4.69) is 10.3 Å². The zero-order valence-electron chi connectivity index (χ0n) is 10.2. The second-order valence-corrected chi connectivity index (χ2v) is 4.13. The van der Waals surface area contributed by atoms with Crippen molar-refractivity contribution < 1.29 is 4.79 Å². The Morgan fingerprint density at radius 2 is 2.00 bits per heavy atom. The summed E-state index contributed by atoms with van der Waals surface area (Å²) in [4.78, 5) is 15.7. The van der Waals surface area contributed by atoms with E-state index in [0.29, 0.717) is 17.8 Å². The van der Waals surface area contributed by atoms with E-state index in [1.165, 1.54) is 11.8 Å². The van der Waals surface area contributed by atoms with Crippen LogP contribution in [0.1, 0.15) is 21.5 Å². The van der Waals surface area contributed by atoms with Gasteiger partial charge in [0.15, 0.2) is 0 Å². The number of benzene rings is 1. The number of nitrogens with two attached hydrogens (primary N) is 1. The summed E-state index contributed by atoms with van der Waals surface area (Å²) < 4.78 is 0. The third-order valence-corrected chi connectivity index (χ3v) is 2.67. The summed E-state index contributed by atoms with van der Waals surface area (Å²) in [6.07, 6.45) is 3.03. The van der Waals surface area contributed by atoms with Crippen LogP contribution in [0.5, 0.6) is 0 Å². The van der Waals surface area contributed by atoms with Crippen LogP contribution in [0.2, 0.25) is 0 Å². The van der Waals surface area contributed by atoms with Crippen molar-refractivity contribution >= 4 is 11.6 Å². The lowest BCUT2D eigenvalue weighted by Crippen LogP contribution is -2.23. The van der Waals surface area contributed by atoms with Crippen molar-refractivity contribution in [2.75, 3.05) is 5.73 Å². The first-order valence-electron chi connectivity index (χ1n) is 5.70. The maximum Gasteiger partial charge on any atom is 0.253 e. The minimum absolute atomic E-state index is 0.185. The number of nitrogens with zero attached hydrogens (tertiary/aromatic N) is 1. The molecule has 1 heterocycles. The van der Waals surface area contributed by atoms with Gasteiger partial charge >= 0.3 is 0 Å². The van der Waals surface area contributed by atoms with Gasteiger partial charge in [-0.1, -0.05) is 29.8 Å². The van der Waals surface area contributed by atoms with E-state index in [1.54, 1.807) is 12.3 Å². The molecule has 0 aliphatic heterocycles. The molecule has 3 N–H and O–H groups in total. The van der Waals surface area contributed by atoms with Crippen molar-refractivity contribution in [2.45, 2.75) is 13.5 Å². The molecule has 2 aromatic rings. The second kappa shape index (κ2) is 5.31. The monoisotopic (exact) mass is 241 g/mol. The van der Waals surface area contributed by atoms with Crippen molar-refractivity contribution in [3.05, 3.63) is 59.4 Å². The molecule has 0 spiro atoms. The summed E-state index contributed by atoms with van der Waals surface area (Å²) in [5.74, 6) is -0.185. The van der Waals surface area contributed by atoms with Gasteiger partial charge in [-0.15, -0.1) is 0 Å². The fourth-order valence-corrected chi connectivity index (χ4v) is 1.60. The molecule has 92 valence electrons. The number of nitrogen functional groups attached to an aromatic ring is 1. The minimum atomic E-state index is -0.185. The number of amides is 1. The smallest absolute Gasteiger partial charge is 0.253 e. The van der Waals surface area contributed by atoms with Crippen LogP contribution in [-0.4, -0.2) is 10.9 Å². The topological polar surface area (TPSA) is 68.0 Å². The summed E-state index contributed by atoms with van der Waals surface area (Å²) in [5.41, 5.74) is 8.79. The third-order valence-electron chi connectivity index (χ3n) is 2.67. The number of aryl methyl sites for hydroxylation is 1. The number of hydrogen-bond acceptors (Lipinski definition) is 3. The van der Waals surface area contributed by atoms with Gasteiger partial charge in [-0.3, -0.25) is 9.78 Å². The first-order chi connectivity index (χ1) is 8.66. The van der Waals surface area contributed by atoms with Crippen LogP contribution in [-0.2, 0) is 6.54 Å². The number of anilines is 1. The Morgan fingerprint density at radius 1 is 1.28 bits per heavy atom. The molecule has 2 rings (SSSR count). The molecule has 0 bridgehead atoms. The van der Waals surface area contributed by atoms with Gasteiger partial charge in [0.25, 0.3) is 5.91 Å². The second-order valence-electron chi connectivity index (χ2n) is 4.13. The fourth-order valence-electron chi connectivity index (χ4n) is 1.60. The van der Waals surface area contributed by atoms with Gasteiger partial charge in [0.05, 0.1) is 17.4 Å². The van der Waals surface area contributed by atoms with E-state index in [9.17, 15) is 4.79 Å². The van der Waals surface area contributed by atoms with Crippen LogP contribution >= 0.6 is 0 Å². The number of nitrogens with one attached hydrogen (secondary N) is 1. The predicted octanol–water partition coefficient (Wildman–Crippen LogP) is 1.90. The first-order valence-corrected chi connectivity index (χ1v) is 5.70. The molecule has 0 saturated carbocycles. The van der Waals surface area contributed by atoms with Gasteiger partial charge in [0.2, 0.25) is 0 Å². The van der Waals surface area contributed by atoms with Crippen molar-refractivity contribution in [3.8, 4) is 0 Å². The summed E-state index contributed by atoms with van der Waals surface area (Å²) in [6, 6.07) is 9.63. The summed E-state index contributed by atoms with van der Waals surface area (Å²) in [5, 5.41) is 2.83. The molecule has 0 aliphatic rings. The Morgan fingerprint density at radius 3 is 2.67 bits per heavy atom. The fraction of sp³-hybridized carbons (Fsp3) is 0.143. The third kappa shape index (κ3) is 2.85. The lowest BCUT2D eigenvalue weighted by molar-refractivity contribution is 0.0951. The highest BCUT2D eigenvalue weighted by molar-refractivity contribution is 5.98. The van der Waals surface area contributed by atoms with Gasteiger partial charge in [0.1, 0.15) is 0 Å². The van der Waals surface area contributed by atoms with Crippen LogP contribution in [0.15, 0.2) is 42.7 Å². The molecule has 4 nitrogen and oxygen atoms in total. The molecule has 1 amide bonds. The number of pyridine rings is 1. The quantitative estimate of drug-likeness (QED) is 0.862. The van der Waals surface area contributed by atoms with Crippen LogP contribution < -0.4 is 11.1 Å². The lowest BCUT2D eigenvalue weighted by atomic mass is 10.1. The van der Waals surface area contributed by atoms with Crippen LogP contribution in [0.3, 0.4) is 0 Å². The number of hydrogen-bond donors (Lipinski definition) is 2. The maximum absolute atomic E-state index is 11.9. The molecule has 18 heavy (non-hydrogen) atoms. The zero-order chi connectivity index (χ0) is 13.0. The number of carbonyl (C=O) groups excluding carboxylic acids is 1. The number of carbonyl (C=O) groups is 1. The van der Waals surface area contributed by atoms with Crippen LogP contribution in [0.4, 0.5) is 5.69 Å². The Balaban J connectivity index is 2.01. The summed E-state index contributed by atoms with van der Waals surface area (Å²) in [6.45, 7) is 2.51. The summed E-state index contributed by atoms with van der Waals surface area (Å²) >= 11 is 0. The molecule has 0 atom stereocenters.